The predicted octanol–water partition coefficient (Wildman–Crippen LogP) is 8.65. The molecule has 0 saturated carbocycles. The Balaban J connectivity index is 1.94. The fourth-order valence-electron chi connectivity index (χ4n) is 5.55. The van der Waals surface area contributed by atoms with Crippen LogP contribution in [0.15, 0.2) is 85.1 Å². The van der Waals surface area contributed by atoms with Gasteiger partial charge in [-0.2, -0.15) is 4.57 Å². The average Bonchev–Trinajstić information content (AvgIpc) is 3.15. The predicted molar refractivity (Wildman–Crippen MR) is 153 cm³/mol. The Labute approximate surface area is 215 Å². The van der Waals surface area contributed by atoms with E-state index in [1.54, 1.807) is 0 Å². The van der Waals surface area contributed by atoms with Gasteiger partial charge in [-0.05, 0) is 77.8 Å². The first-order valence-electron chi connectivity index (χ1n) is 13.1. The second kappa shape index (κ2) is 9.43. The molecule has 0 N–H and O–H groups in total. The van der Waals surface area contributed by atoms with Crippen molar-refractivity contribution in [2.75, 3.05) is 0 Å². The van der Waals surface area contributed by atoms with Crippen LogP contribution in [0.3, 0.4) is 0 Å². The molecule has 2 heterocycles. The number of fused-ring (bicyclic) bond motifs is 1. The number of rotatable bonds is 5. The lowest BCUT2D eigenvalue weighted by molar-refractivity contribution is -0.660. The summed E-state index contributed by atoms with van der Waals surface area (Å²) in [5.74, 6) is 0.754. The Hall–Kier alpha value is -3.65. The van der Waals surface area contributed by atoms with E-state index in [0.717, 1.165) is 0 Å². The van der Waals surface area contributed by atoms with Crippen LogP contribution in [0.25, 0.3) is 39.1 Å². The highest BCUT2D eigenvalue weighted by Gasteiger charge is 2.27. The lowest BCUT2D eigenvalue weighted by Crippen LogP contribution is -2.31. The second-order valence-electron chi connectivity index (χ2n) is 10.7. The highest BCUT2D eigenvalue weighted by molar-refractivity contribution is 5.93. The molecule has 0 atom stereocenters. The molecule has 0 amide bonds. The van der Waals surface area contributed by atoms with Crippen molar-refractivity contribution < 1.29 is 4.57 Å². The number of aryl methyl sites for hydroxylation is 3. The minimum Gasteiger partial charge on any atom is -0.303 e. The maximum absolute atomic E-state index is 2.55. The SMILES string of the molecule is Cc1ccc(-c2c(C)c3ccccc3n2-c2c(C(C)C)cc(-c3ccccc3)cc2C(C)C)[n+](C)c1. The first kappa shape index (κ1) is 24.1. The first-order valence-corrected chi connectivity index (χ1v) is 13.1. The molecule has 36 heavy (non-hydrogen) atoms. The number of nitrogens with zero attached hydrogens (tertiary/aromatic N) is 2. The standard InChI is InChI=1S/C34H37N2/c1-22(2)29-19-27(26-13-9-8-10-14-26)20-30(23(3)4)34(29)36-31-16-12-11-15-28(31)25(6)33(36)32-18-17-24(5)21-35(32)7/h8-23H,1-7H3/q+1. The number of hydrogen-bond acceptors (Lipinski definition) is 0. The van der Waals surface area contributed by atoms with E-state index in [1.807, 2.05) is 0 Å². The third kappa shape index (κ3) is 4.05. The molecule has 3 aromatic carbocycles. The molecule has 5 aromatic rings. The van der Waals surface area contributed by atoms with Crippen LogP contribution >= 0.6 is 0 Å². The van der Waals surface area contributed by atoms with Gasteiger partial charge in [-0.15, -0.1) is 0 Å². The quantitative estimate of drug-likeness (QED) is 0.226. The summed E-state index contributed by atoms with van der Waals surface area (Å²) in [6.45, 7) is 13.7. The van der Waals surface area contributed by atoms with Gasteiger partial charge in [0.1, 0.15) is 12.7 Å². The summed E-state index contributed by atoms with van der Waals surface area (Å²) in [4.78, 5) is 0. The highest BCUT2D eigenvalue weighted by atomic mass is 15.0. The minimum absolute atomic E-state index is 0.377. The summed E-state index contributed by atoms with van der Waals surface area (Å²) in [6.07, 6.45) is 2.22. The molecule has 2 nitrogen and oxygen atoms in total. The summed E-state index contributed by atoms with van der Waals surface area (Å²) < 4.78 is 4.82. The highest BCUT2D eigenvalue weighted by Crippen LogP contribution is 2.42. The van der Waals surface area contributed by atoms with Crippen molar-refractivity contribution in [3.05, 3.63) is 107 Å². The van der Waals surface area contributed by atoms with Gasteiger partial charge in [-0.1, -0.05) is 76.2 Å². The Morgan fingerprint density at radius 2 is 1.31 bits per heavy atom. The van der Waals surface area contributed by atoms with Gasteiger partial charge in [0.05, 0.1) is 11.2 Å². The van der Waals surface area contributed by atoms with Crippen molar-refractivity contribution >= 4 is 10.9 Å². The fraction of sp³-hybridized carbons (Fsp3) is 0.265. The summed E-state index contributed by atoms with van der Waals surface area (Å²) >= 11 is 0. The molecule has 2 heteroatoms. The van der Waals surface area contributed by atoms with Crippen LogP contribution in [-0.4, -0.2) is 4.57 Å². The Kier molecular flexibility index (Phi) is 6.30. The van der Waals surface area contributed by atoms with E-state index in [1.165, 1.54) is 61.4 Å². The lowest BCUT2D eigenvalue weighted by atomic mass is 9.88. The number of para-hydroxylation sites is 1. The molecule has 0 saturated heterocycles. The van der Waals surface area contributed by atoms with Gasteiger partial charge in [-0.3, -0.25) is 0 Å². The van der Waals surface area contributed by atoms with Crippen LogP contribution in [0, 0.1) is 13.8 Å². The molecular weight excluding hydrogens is 436 g/mol. The molecule has 0 unspecified atom stereocenters. The van der Waals surface area contributed by atoms with Crippen LogP contribution in [0.5, 0.6) is 0 Å². The maximum atomic E-state index is 2.55. The largest absolute Gasteiger partial charge is 0.303 e. The van der Waals surface area contributed by atoms with Crippen molar-refractivity contribution in [2.24, 2.45) is 7.05 Å². The molecular formula is C34H37N2+. The molecule has 182 valence electrons. The molecule has 0 spiro atoms. The summed E-state index contributed by atoms with van der Waals surface area (Å²) in [6, 6.07) is 29.0. The van der Waals surface area contributed by atoms with Crippen LogP contribution in [0.4, 0.5) is 0 Å². The number of hydrogen-bond donors (Lipinski definition) is 0. The smallest absolute Gasteiger partial charge is 0.229 e. The number of aromatic nitrogens is 2. The van der Waals surface area contributed by atoms with Crippen LogP contribution in [0.2, 0.25) is 0 Å². The Morgan fingerprint density at radius 3 is 1.92 bits per heavy atom. The van der Waals surface area contributed by atoms with E-state index >= 15 is 0 Å². The zero-order chi connectivity index (χ0) is 25.6. The molecule has 5 rings (SSSR count). The topological polar surface area (TPSA) is 8.81 Å². The van der Waals surface area contributed by atoms with Crippen molar-refractivity contribution in [3.8, 4) is 28.2 Å². The van der Waals surface area contributed by atoms with Gasteiger partial charge in [0, 0.05) is 17.0 Å². The number of benzene rings is 3. The Bertz CT molecular complexity index is 1520. The zero-order valence-corrected chi connectivity index (χ0v) is 22.6. The molecule has 0 aliphatic heterocycles. The average molecular weight is 474 g/mol. The van der Waals surface area contributed by atoms with E-state index < -0.39 is 0 Å². The summed E-state index contributed by atoms with van der Waals surface area (Å²) in [7, 11) is 2.16. The van der Waals surface area contributed by atoms with Crippen LogP contribution < -0.4 is 4.57 Å². The monoisotopic (exact) mass is 473 g/mol. The van der Waals surface area contributed by atoms with E-state index in [2.05, 4.69) is 143 Å². The molecule has 0 aliphatic carbocycles. The van der Waals surface area contributed by atoms with Gasteiger partial charge < -0.3 is 4.57 Å². The molecule has 0 bridgehead atoms. The van der Waals surface area contributed by atoms with Crippen molar-refractivity contribution in [1.29, 1.82) is 0 Å². The van der Waals surface area contributed by atoms with E-state index in [4.69, 9.17) is 0 Å². The maximum Gasteiger partial charge on any atom is 0.229 e. The summed E-state index contributed by atoms with van der Waals surface area (Å²) in [5.41, 5.74) is 13.0. The molecule has 0 radical (unpaired) electrons. The third-order valence-corrected chi connectivity index (χ3v) is 7.40. The van der Waals surface area contributed by atoms with E-state index in [0.29, 0.717) is 11.8 Å². The zero-order valence-electron chi connectivity index (χ0n) is 22.6. The molecule has 0 aliphatic rings. The van der Waals surface area contributed by atoms with Gasteiger partial charge in [0.2, 0.25) is 5.69 Å². The van der Waals surface area contributed by atoms with Gasteiger partial charge >= 0.3 is 0 Å². The van der Waals surface area contributed by atoms with Crippen molar-refractivity contribution in [1.82, 2.24) is 4.57 Å². The van der Waals surface area contributed by atoms with Crippen molar-refractivity contribution in [3.63, 3.8) is 0 Å². The van der Waals surface area contributed by atoms with E-state index in [9.17, 15) is 0 Å². The normalized spacial score (nSPS) is 11.7. The van der Waals surface area contributed by atoms with Crippen LogP contribution in [0.1, 0.15) is 61.8 Å². The second-order valence-corrected chi connectivity index (χ2v) is 10.7. The third-order valence-electron chi connectivity index (χ3n) is 7.40. The summed E-state index contributed by atoms with van der Waals surface area (Å²) in [5, 5.41) is 1.31. The van der Waals surface area contributed by atoms with Gasteiger partial charge in [-0.25, -0.2) is 0 Å². The van der Waals surface area contributed by atoms with Crippen LogP contribution in [-0.2, 0) is 7.05 Å². The van der Waals surface area contributed by atoms with Crippen molar-refractivity contribution in [2.45, 2.75) is 53.4 Å². The lowest BCUT2D eigenvalue weighted by Gasteiger charge is -2.24. The molecule has 0 fully saturated rings. The fourth-order valence-corrected chi connectivity index (χ4v) is 5.55. The Morgan fingerprint density at radius 1 is 0.694 bits per heavy atom. The molecule has 2 aromatic heterocycles. The van der Waals surface area contributed by atoms with Gasteiger partial charge in [0.15, 0.2) is 6.20 Å². The first-order chi connectivity index (χ1) is 17.3. The minimum atomic E-state index is 0.377. The number of pyridine rings is 1. The van der Waals surface area contributed by atoms with Gasteiger partial charge in [0.25, 0.3) is 0 Å². The van der Waals surface area contributed by atoms with E-state index in [-0.39, 0.29) is 0 Å².